The maximum Gasteiger partial charge on any atom is 0.239 e. The first kappa shape index (κ1) is 15.5. The zero-order valence-electron chi connectivity index (χ0n) is 12.7. The van der Waals surface area contributed by atoms with Crippen LogP contribution in [0.5, 0.6) is 0 Å². The van der Waals surface area contributed by atoms with Crippen LogP contribution >= 0.6 is 0 Å². The zero-order chi connectivity index (χ0) is 13.9. The Hall–Kier alpha value is -0.570. The third-order valence-corrected chi connectivity index (χ3v) is 4.57. The highest BCUT2D eigenvalue weighted by atomic mass is 16.2. The monoisotopic (exact) mass is 254 g/mol. The zero-order valence-corrected chi connectivity index (χ0v) is 12.7. The van der Waals surface area contributed by atoms with Crippen molar-refractivity contribution in [2.24, 2.45) is 23.0 Å². The van der Waals surface area contributed by atoms with Crippen molar-refractivity contribution in [1.82, 2.24) is 4.90 Å². The van der Waals surface area contributed by atoms with Gasteiger partial charge in [0.1, 0.15) is 0 Å². The molecule has 1 saturated heterocycles. The van der Waals surface area contributed by atoms with Gasteiger partial charge in [-0.1, -0.05) is 41.0 Å². The molecule has 3 nitrogen and oxygen atoms in total. The van der Waals surface area contributed by atoms with Crippen LogP contribution in [0.3, 0.4) is 0 Å². The summed E-state index contributed by atoms with van der Waals surface area (Å²) in [6, 6.07) is -0.318. The summed E-state index contributed by atoms with van der Waals surface area (Å²) in [5, 5.41) is 0. The van der Waals surface area contributed by atoms with E-state index in [0.29, 0.717) is 5.41 Å². The Morgan fingerprint density at radius 2 is 1.83 bits per heavy atom. The van der Waals surface area contributed by atoms with E-state index in [4.69, 9.17) is 5.73 Å². The number of carbonyl (C=O) groups is 1. The Morgan fingerprint density at radius 1 is 1.33 bits per heavy atom. The number of piperidine rings is 1. The number of rotatable bonds is 3. The van der Waals surface area contributed by atoms with Crippen LogP contribution in [0.15, 0.2) is 0 Å². The summed E-state index contributed by atoms with van der Waals surface area (Å²) in [5.74, 6) is 1.15. The lowest BCUT2D eigenvalue weighted by molar-refractivity contribution is -0.135. The standard InChI is InChI=1S/C15H30N2O/c1-6-11(2)13(16)14(18)17-9-7-12(8-10-17)15(3,4)5/h11-13H,6-10,16H2,1-5H3/t11-,13-/m0/s1. The van der Waals surface area contributed by atoms with Crippen molar-refractivity contribution < 1.29 is 4.79 Å². The fourth-order valence-electron chi connectivity index (χ4n) is 2.67. The third-order valence-electron chi connectivity index (χ3n) is 4.57. The molecule has 106 valence electrons. The molecule has 1 aliphatic heterocycles. The first-order valence-corrected chi connectivity index (χ1v) is 7.31. The molecule has 0 radical (unpaired) electrons. The van der Waals surface area contributed by atoms with Gasteiger partial charge in [0.05, 0.1) is 6.04 Å². The van der Waals surface area contributed by atoms with E-state index in [0.717, 1.165) is 38.3 Å². The topological polar surface area (TPSA) is 46.3 Å². The summed E-state index contributed by atoms with van der Waals surface area (Å²) >= 11 is 0. The SMILES string of the molecule is CC[C@H](C)[C@H](N)C(=O)N1CCC(C(C)(C)C)CC1. The molecule has 2 atom stereocenters. The highest BCUT2D eigenvalue weighted by Gasteiger charge is 2.32. The molecule has 0 aromatic rings. The predicted molar refractivity (Wildman–Crippen MR) is 76.2 cm³/mol. The fraction of sp³-hybridized carbons (Fsp3) is 0.933. The average molecular weight is 254 g/mol. The van der Waals surface area contributed by atoms with Crippen molar-refractivity contribution in [2.75, 3.05) is 13.1 Å². The van der Waals surface area contributed by atoms with Gasteiger partial charge in [-0.15, -0.1) is 0 Å². The Bertz CT molecular complexity index is 275. The minimum Gasteiger partial charge on any atom is -0.341 e. The van der Waals surface area contributed by atoms with Gasteiger partial charge < -0.3 is 10.6 Å². The molecule has 1 rings (SSSR count). The molecule has 0 aromatic heterocycles. The molecule has 0 bridgehead atoms. The summed E-state index contributed by atoms with van der Waals surface area (Å²) in [4.78, 5) is 14.2. The number of nitrogens with zero attached hydrogens (tertiary/aromatic N) is 1. The molecule has 0 aliphatic carbocycles. The molecule has 3 heteroatoms. The molecule has 1 fully saturated rings. The van der Waals surface area contributed by atoms with E-state index in [-0.39, 0.29) is 17.9 Å². The van der Waals surface area contributed by atoms with Gasteiger partial charge in [-0.25, -0.2) is 0 Å². The molecule has 2 N–H and O–H groups in total. The van der Waals surface area contributed by atoms with Crippen molar-refractivity contribution >= 4 is 5.91 Å². The first-order valence-electron chi connectivity index (χ1n) is 7.31. The second-order valence-electron chi connectivity index (χ2n) is 6.88. The minimum absolute atomic E-state index is 0.150. The molecule has 0 unspecified atom stereocenters. The van der Waals surface area contributed by atoms with Crippen LogP contribution in [-0.4, -0.2) is 29.9 Å². The fourth-order valence-corrected chi connectivity index (χ4v) is 2.67. The van der Waals surface area contributed by atoms with E-state index in [9.17, 15) is 4.79 Å². The summed E-state index contributed by atoms with van der Waals surface area (Å²) in [7, 11) is 0. The maximum atomic E-state index is 12.3. The van der Waals surface area contributed by atoms with Gasteiger partial charge >= 0.3 is 0 Å². The molecule has 0 spiro atoms. The second kappa shape index (κ2) is 6.05. The van der Waals surface area contributed by atoms with Crippen LogP contribution in [0.1, 0.15) is 53.9 Å². The van der Waals surface area contributed by atoms with Crippen molar-refractivity contribution in [3.05, 3.63) is 0 Å². The normalized spacial score (nSPS) is 21.8. The van der Waals surface area contributed by atoms with Gasteiger partial charge in [-0.2, -0.15) is 0 Å². The largest absolute Gasteiger partial charge is 0.341 e. The molecular formula is C15H30N2O. The molecular weight excluding hydrogens is 224 g/mol. The van der Waals surface area contributed by atoms with Crippen LogP contribution in [0.4, 0.5) is 0 Å². The highest BCUT2D eigenvalue weighted by Crippen LogP contribution is 2.34. The smallest absolute Gasteiger partial charge is 0.239 e. The van der Waals surface area contributed by atoms with Crippen molar-refractivity contribution in [1.29, 1.82) is 0 Å². The van der Waals surface area contributed by atoms with Crippen LogP contribution < -0.4 is 5.73 Å². The van der Waals surface area contributed by atoms with E-state index < -0.39 is 0 Å². The van der Waals surface area contributed by atoms with Gasteiger partial charge in [0, 0.05) is 13.1 Å². The molecule has 1 amide bonds. The van der Waals surface area contributed by atoms with Gasteiger partial charge in [0.15, 0.2) is 0 Å². The van der Waals surface area contributed by atoms with E-state index in [1.807, 2.05) is 4.90 Å². The van der Waals surface area contributed by atoms with E-state index in [1.165, 1.54) is 0 Å². The maximum absolute atomic E-state index is 12.3. The molecule has 0 aromatic carbocycles. The number of hydrogen-bond acceptors (Lipinski definition) is 2. The van der Waals surface area contributed by atoms with Crippen molar-refractivity contribution in [3.63, 3.8) is 0 Å². The lowest BCUT2D eigenvalue weighted by atomic mass is 9.75. The van der Waals surface area contributed by atoms with Crippen molar-refractivity contribution in [3.8, 4) is 0 Å². The highest BCUT2D eigenvalue weighted by molar-refractivity contribution is 5.82. The first-order chi connectivity index (χ1) is 8.27. The van der Waals surface area contributed by atoms with Crippen LogP contribution in [-0.2, 0) is 4.79 Å². The Balaban J connectivity index is 2.50. The van der Waals surface area contributed by atoms with E-state index in [1.54, 1.807) is 0 Å². The molecule has 1 aliphatic rings. The second-order valence-corrected chi connectivity index (χ2v) is 6.88. The molecule has 18 heavy (non-hydrogen) atoms. The summed E-state index contributed by atoms with van der Waals surface area (Å²) < 4.78 is 0. The lowest BCUT2D eigenvalue weighted by Crippen LogP contribution is -2.50. The molecule has 0 saturated carbocycles. The Kier molecular flexibility index (Phi) is 5.20. The number of nitrogens with two attached hydrogens (primary N) is 1. The quantitative estimate of drug-likeness (QED) is 0.841. The van der Waals surface area contributed by atoms with E-state index >= 15 is 0 Å². The molecule has 1 heterocycles. The van der Waals surface area contributed by atoms with Gasteiger partial charge in [-0.3, -0.25) is 4.79 Å². The lowest BCUT2D eigenvalue weighted by Gasteiger charge is -2.40. The van der Waals surface area contributed by atoms with Crippen LogP contribution in [0.2, 0.25) is 0 Å². The van der Waals surface area contributed by atoms with Crippen LogP contribution in [0, 0.1) is 17.3 Å². The van der Waals surface area contributed by atoms with Gasteiger partial charge in [0.25, 0.3) is 0 Å². The number of hydrogen-bond donors (Lipinski definition) is 1. The number of carbonyl (C=O) groups excluding carboxylic acids is 1. The summed E-state index contributed by atoms with van der Waals surface area (Å²) in [6.07, 6.45) is 3.19. The number of amides is 1. The Labute approximate surface area is 112 Å². The summed E-state index contributed by atoms with van der Waals surface area (Å²) in [5.41, 5.74) is 6.39. The summed E-state index contributed by atoms with van der Waals surface area (Å²) in [6.45, 7) is 12.8. The predicted octanol–water partition coefficient (Wildman–Crippen LogP) is 2.64. The van der Waals surface area contributed by atoms with Crippen LogP contribution in [0.25, 0.3) is 0 Å². The third kappa shape index (κ3) is 3.71. The Morgan fingerprint density at radius 3 is 2.22 bits per heavy atom. The number of likely N-dealkylation sites (tertiary alicyclic amines) is 1. The average Bonchev–Trinajstić information content (AvgIpc) is 2.35. The van der Waals surface area contributed by atoms with Gasteiger partial charge in [-0.05, 0) is 30.1 Å². The van der Waals surface area contributed by atoms with E-state index in [2.05, 4.69) is 34.6 Å². The van der Waals surface area contributed by atoms with Crippen molar-refractivity contribution in [2.45, 2.75) is 59.9 Å². The van der Waals surface area contributed by atoms with Gasteiger partial charge in [0.2, 0.25) is 5.91 Å². The minimum atomic E-state index is -0.318.